The summed E-state index contributed by atoms with van der Waals surface area (Å²) < 4.78 is 6.64. The Morgan fingerprint density at radius 2 is 1.77 bits per heavy atom. The van der Waals surface area contributed by atoms with Gasteiger partial charge >= 0.3 is 5.97 Å². The van der Waals surface area contributed by atoms with Crippen molar-refractivity contribution in [2.24, 2.45) is 17.8 Å². The highest BCUT2D eigenvalue weighted by Gasteiger charge is 2.79. The number of carboxylic acid groups (broad SMARTS) is 1. The van der Waals surface area contributed by atoms with Crippen molar-refractivity contribution in [3.05, 3.63) is 36.9 Å². The monoisotopic (exact) mass is 541 g/mol. The van der Waals surface area contributed by atoms with E-state index >= 15 is 0 Å². The summed E-state index contributed by atoms with van der Waals surface area (Å²) in [6.07, 6.45) is 2.95. The Labute approximate surface area is 231 Å². The molecule has 39 heavy (non-hydrogen) atoms. The Bertz CT molecular complexity index is 1100. The quantitative estimate of drug-likeness (QED) is 0.391. The molecule has 2 bridgehead atoms. The number of anilines is 2. The van der Waals surface area contributed by atoms with Crippen molar-refractivity contribution < 1.29 is 29.3 Å². The first kappa shape index (κ1) is 29.1. The molecule has 0 aromatic heterocycles. The van der Waals surface area contributed by atoms with Crippen LogP contribution in [0.4, 0.5) is 11.4 Å². The van der Waals surface area contributed by atoms with Gasteiger partial charge in [-0.05, 0) is 63.3 Å². The lowest BCUT2D eigenvalue weighted by atomic mass is 9.65. The van der Waals surface area contributed by atoms with Crippen molar-refractivity contribution in [1.29, 1.82) is 0 Å². The Kier molecular flexibility index (Phi) is 8.15. The standard InChI is InChI=1S/C30H43N3O6/c1-7-17-32(21-13-11-20(12-14-21)31(9-3)10-4)27(36)25-30-16-15-29(8-2,39-30)24(28(37)38)23(30)26(35)33(25)22(18-34)19(5)6/h7,11-14,19,22-25,34H,1,8-10,15-18H2,2-6H3,(H,37,38)/t22-,23-,24+,25?,29-,30?/m0/s1. The van der Waals surface area contributed by atoms with E-state index in [9.17, 15) is 24.6 Å². The molecule has 1 spiro atoms. The summed E-state index contributed by atoms with van der Waals surface area (Å²) in [5.74, 6) is -4.04. The highest BCUT2D eigenvalue weighted by molar-refractivity contribution is 6.05. The highest BCUT2D eigenvalue weighted by Crippen LogP contribution is 2.64. The first-order valence-electron chi connectivity index (χ1n) is 14.2. The van der Waals surface area contributed by atoms with Gasteiger partial charge in [-0.15, -0.1) is 6.58 Å². The van der Waals surface area contributed by atoms with E-state index in [1.165, 1.54) is 4.90 Å². The van der Waals surface area contributed by atoms with Crippen molar-refractivity contribution in [2.45, 2.75) is 77.2 Å². The van der Waals surface area contributed by atoms with Gasteiger partial charge in [0.05, 0.1) is 24.2 Å². The third kappa shape index (κ3) is 4.34. The number of nitrogens with zero attached hydrogens (tertiary/aromatic N) is 3. The molecule has 1 aromatic carbocycles. The van der Waals surface area contributed by atoms with Crippen LogP contribution in [0.5, 0.6) is 0 Å². The highest BCUT2D eigenvalue weighted by atomic mass is 16.5. The lowest BCUT2D eigenvalue weighted by Crippen LogP contribution is -2.60. The Hall–Kier alpha value is -2.91. The van der Waals surface area contributed by atoms with Gasteiger partial charge < -0.3 is 29.6 Å². The van der Waals surface area contributed by atoms with E-state index in [4.69, 9.17) is 4.74 Å². The lowest BCUT2D eigenvalue weighted by Gasteiger charge is -2.40. The first-order valence-corrected chi connectivity index (χ1v) is 14.2. The number of rotatable bonds is 12. The van der Waals surface area contributed by atoms with Crippen LogP contribution in [0.15, 0.2) is 36.9 Å². The predicted octanol–water partition coefficient (Wildman–Crippen LogP) is 3.31. The van der Waals surface area contributed by atoms with Crippen molar-refractivity contribution >= 4 is 29.2 Å². The maximum Gasteiger partial charge on any atom is 0.310 e. The van der Waals surface area contributed by atoms with Gasteiger partial charge in [-0.25, -0.2) is 0 Å². The van der Waals surface area contributed by atoms with E-state index in [-0.39, 0.29) is 25.0 Å². The van der Waals surface area contributed by atoms with Crippen LogP contribution in [0, 0.1) is 17.8 Å². The van der Waals surface area contributed by atoms with Crippen LogP contribution in [0.1, 0.15) is 53.9 Å². The SMILES string of the molecule is C=CCN(C(=O)C1N([C@@H](CO)C(C)C)C(=O)[C@@H]2[C@H](C(=O)O)[C@]3(CC)CCC12O3)c1ccc(N(CC)CC)cc1. The van der Waals surface area contributed by atoms with E-state index in [0.29, 0.717) is 24.9 Å². The Morgan fingerprint density at radius 1 is 1.15 bits per heavy atom. The van der Waals surface area contributed by atoms with Crippen LogP contribution < -0.4 is 9.80 Å². The number of carbonyl (C=O) groups is 3. The number of fused-ring (bicyclic) bond motifs is 1. The van der Waals surface area contributed by atoms with Gasteiger partial charge in [-0.1, -0.05) is 26.8 Å². The summed E-state index contributed by atoms with van der Waals surface area (Å²) in [4.78, 5) is 46.6. The third-order valence-electron chi connectivity index (χ3n) is 9.30. The molecule has 9 nitrogen and oxygen atoms in total. The molecule has 214 valence electrons. The molecule has 2 amide bonds. The average molecular weight is 542 g/mol. The summed E-state index contributed by atoms with van der Waals surface area (Å²) in [6.45, 7) is 15.2. The molecule has 3 aliphatic heterocycles. The fourth-order valence-corrected chi connectivity index (χ4v) is 7.32. The average Bonchev–Trinajstić information content (AvgIpc) is 3.52. The normalized spacial score (nSPS) is 30.0. The van der Waals surface area contributed by atoms with E-state index < -0.39 is 47.0 Å². The second-order valence-corrected chi connectivity index (χ2v) is 11.3. The zero-order chi connectivity index (χ0) is 28.7. The fraction of sp³-hybridized carbons (Fsp3) is 0.633. The summed E-state index contributed by atoms with van der Waals surface area (Å²) >= 11 is 0. The number of aliphatic hydroxyl groups excluding tert-OH is 1. The number of hydrogen-bond donors (Lipinski definition) is 2. The number of hydrogen-bond acceptors (Lipinski definition) is 6. The molecule has 0 saturated carbocycles. The molecule has 0 aliphatic carbocycles. The first-order chi connectivity index (χ1) is 18.6. The van der Waals surface area contributed by atoms with Gasteiger partial charge in [0.15, 0.2) is 0 Å². The minimum absolute atomic E-state index is 0.161. The number of amides is 2. The van der Waals surface area contributed by atoms with Crippen LogP contribution >= 0.6 is 0 Å². The minimum Gasteiger partial charge on any atom is -0.481 e. The van der Waals surface area contributed by atoms with E-state index in [0.717, 1.165) is 18.8 Å². The number of carbonyl (C=O) groups excluding carboxylic acids is 2. The molecule has 2 unspecified atom stereocenters. The van der Waals surface area contributed by atoms with Gasteiger partial charge in [-0.3, -0.25) is 14.4 Å². The van der Waals surface area contributed by atoms with E-state index in [1.807, 2.05) is 45.0 Å². The van der Waals surface area contributed by atoms with Crippen LogP contribution in [0.25, 0.3) is 0 Å². The number of aliphatic carboxylic acids is 1. The van der Waals surface area contributed by atoms with Crippen LogP contribution in [0.3, 0.4) is 0 Å². The van der Waals surface area contributed by atoms with Gasteiger partial charge in [0.2, 0.25) is 5.91 Å². The molecule has 2 N–H and O–H groups in total. The number of benzene rings is 1. The van der Waals surface area contributed by atoms with Gasteiger partial charge in [0, 0.05) is 31.0 Å². The summed E-state index contributed by atoms with van der Waals surface area (Å²) in [6, 6.07) is 6.00. The maximum absolute atomic E-state index is 14.6. The molecule has 3 aliphatic rings. The lowest BCUT2D eigenvalue weighted by molar-refractivity contribution is -0.158. The smallest absolute Gasteiger partial charge is 0.310 e. The van der Waals surface area contributed by atoms with E-state index in [2.05, 4.69) is 25.3 Å². The van der Waals surface area contributed by atoms with Crippen LogP contribution in [-0.4, -0.2) is 82.4 Å². The molecule has 0 radical (unpaired) electrons. The largest absolute Gasteiger partial charge is 0.481 e. The third-order valence-corrected chi connectivity index (χ3v) is 9.30. The zero-order valence-electron chi connectivity index (χ0n) is 23.8. The number of likely N-dealkylation sites (tertiary alicyclic amines) is 1. The second-order valence-electron chi connectivity index (χ2n) is 11.3. The molecule has 3 fully saturated rings. The molecule has 9 heteroatoms. The molecule has 3 saturated heterocycles. The number of ether oxygens (including phenoxy) is 1. The zero-order valence-corrected chi connectivity index (χ0v) is 23.8. The molecular weight excluding hydrogens is 498 g/mol. The van der Waals surface area contributed by atoms with Crippen molar-refractivity contribution in [2.75, 3.05) is 36.0 Å². The summed E-state index contributed by atoms with van der Waals surface area (Å²) in [5.41, 5.74) is -0.562. The molecule has 4 rings (SSSR count). The van der Waals surface area contributed by atoms with Crippen molar-refractivity contribution in [3.8, 4) is 0 Å². The summed E-state index contributed by atoms with van der Waals surface area (Å²) in [5, 5.41) is 20.6. The predicted molar refractivity (Wildman–Crippen MR) is 150 cm³/mol. The minimum atomic E-state index is -1.27. The van der Waals surface area contributed by atoms with Crippen LogP contribution in [-0.2, 0) is 19.1 Å². The molecular formula is C30H43N3O6. The summed E-state index contributed by atoms with van der Waals surface area (Å²) in [7, 11) is 0. The molecule has 3 heterocycles. The van der Waals surface area contributed by atoms with Gasteiger partial charge in [-0.2, -0.15) is 0 Å². The Morgan fingerprint density at radius 3 is 2.26 bits per heavy atom. The molecule has 6 atom stereocenters. The van der Waals surface area contributed by atoms with Crippen molar-refractivity contribution in [3.63, 3.8) is 0 Å². The number of carboxylic acids is 1. The maximum atomic E-state index is 14.6. The fourth-order valence-electron chi connectivity index (χ4n) is 7.32. The van der Waals surface area contributed by atoms with Crippen LogP contribution in [0.2, 0.25) is 0 Å². The van der Waals surface area contributed by atoms with Crippen molar-refractivity contribution in [1.82, 2.24) is 4.90 Å². The Balaban J connectivity index is 1.83. The van der Waals surface area contributed by atoms with E-state index in [1.54, 1.807) is 11.0 Å². The number of aliphatic hydroxyl groups is 1. The van der Waals surface area contributed by atoms with Gasteiger partial charge in [0.25, 0.3) is 5.91 Å². The second kappa shape index (κ2) is 10.9. The topological polar surface area (TPSA) is 111 Å². The molecule has 1 aromatic rings. The van der Waals surface area contributed by atoms with Gasteiger partial charge in [0.1, 0.15) is 17.6 Å².